The van der Waals surface area contributed by atoms with E-state index in [0.717, 1.165) is 12.2 Å². The van der Waals surface area contributed by atoms with Crippen LogP contribution >= 0.6 is 11.8 Å². The molecule has 0 radical (unpaired) electrons. The fraction of sp³-hybridized carbons (Fsp3) is 0.867. The van der Waals surface area contributed by atoms with Gasteiger partial charge in [0, 0.05) is 24.4 Å². The number of aliphatic carboxylic acids is 1. The van der Waals surface area contributed by atoms with Gasteiger partial charge in [-0.1, -0.05) is 13.8 Å². The highest BCUT2D eigenvalue weighted by Gasteiger charge is 2.48. The van der Waals surface area contributed by atoms with Crippen molar-refractivity contribution in [3.8, 4) is 0 Å². The lowest BCUT2D eigenvalue weighted by Gasteiger charge is -2.29. The lowest BCUT2D eigenvalue weighted by Crippen LogP contribution is -2.46. The van der Waals surface area contributed by atoms with Gasteiger partial charge < -0.3 is 15.3 Å². The molecular formula is C15H26N2O3S. The van der Waals surface area contributed by atoms with Gasteiger partial charge in [0.15, 0.2) is 0 Å². The van der Waals surface area contributed by atoms with Gasteiger partial charge in [0.25, 0.3) is 0 Å². The molecule has 2 aliphatic rings. The Balaban J connectivity index is 1.91. The van der Waals surface area contributed by atoms with Crippen LogP contribution in [0.1, 0.15) is 40.0 Å². The minimum atomic E-state index is -0.788. The number of carbonyl (C=O) groups is 2. The van der Waals surface area contributed by atoms with Crippen LogP contribution in [-0.2, 0) is 4.79 Å². The highest BCUT2D eigenvalue weighted by molar-refractivity contribution is 8.00. The normalized spacial score (nSPS) is 32.7. The van der Waals surface area contributed by atoms with Gasteiger partial charge >= 0.3 is 12.0 Å². The average Bonchev–Trinajstić information content (AvgIpc) is 3.03. The zero-order valence-electron chi connectivity index (χ0n) is 13.1. The third kappa shape index (κ3) is 3.30. The van der Waals surface area contributed by atoms with E-state index in [2.05, 4.69) is 12.2 Å². The van der Waals surface area contributed by atoms with Crippen molar-refractivity contribution in [2.45, 2.75) is 44.8 Å². The number of carboxylic acids is 1. The van der Waals surface area contributed by atoms with Gasteiger partial charge in [0.05, 0.1) is 5.41 Å². The highest BCUT2D eigenvalue weighted by atomic mass is 32.2. The Morgan fingerprint density at radius 3 is 2.57 bits per heavy atom. The van der Waals surface area contributed by atoms with E-state index in [1.54, 1.807) is 4.90 Å². The van der Waals surface area contributed by atoms with Crippen LogP contribution in [0.15, 0.2) is 0 Å². The van der Waals surface area contributed by atoms with Gasteiger partial charge in [0.1, 0.15) is 0 Å². The lowest BCUT2D eigenvalue weighted by atomic mass is 9.76. The molecule has 5 nitrogen and oxygen atoms in total. The van der Waals surface area contributed by atoms with Gasteiger partial charge in [-0.15, -0.1) is 0 Å². The Bertz CT molecular complexity index is 421. The predicted molar refractivity (Wildman–Crippen MR) is 84.6 cm³/mol. The zero-order chi connectivity index (χ0) is 15.7. The van der Waals surface area contributed by atoms with Crippen LogP contribution in [0.5, 0.6) is 0 Å². The van der Waals surface area contributed by atoms with Crippen LogP contribution in [0.3, 0.4) is 0 Å². The summed E-state index contributed by atoms with van der Waals surface area (Å²) in [6.07, 6.45) is 2.87. The Labute approximate surface area is 130 Å². The van der Waals surface area contributed by atoms with E-state index in [1.165, 1.54) is 6.42 Å². The van der Waals surface area contributed by atoms with Crippen LogP contribution in [0, 0.1) is 11.3 Å². The first-order valence-electron chi connectivity index (χ1n) is 7.69. The smallest absolute Gasteiger partial charge is 0.317 e. The van der Waals surface area contributed by atoms with Crippen molar-refractivity contribution < 1.29 is 14.7 Å². The molecule has 0 aromatic carbocycles. The van der Waals surface area contributed by atoms with E-state index < -0.39 is 11.4 Å². The minimum Gasteiger partial charge on any atom is -0.481 e. The maximum atomic E-state index is 12.3. The van der Waals surface area contributed by atoms with Crippen molar-refractivity contribution in [1.29, 1.82) is 0 Å². The fourth-order valence-electron chi connectivity index (χ4n) is 3.25. The van der Waals surface area contributed by atoms with Crippen LogP contribution in [0.25, 0.3) is 0 Å². The molecule has 0 aromatic rings. The summed E-state index contributed by atoms with van der Waals surface area (Å²) >= 11 is 1.91. The van der Waals surface area contributed by atoms with Crippen molar-refractivity contribution in [3.05, 3.63) is 0 Å². The Morgan fingerprint density at radius 2 is 2.10 bits per heavy atom. The molecule has 2 atom stereocenters. The van der Waals surface area contributed by atoms with E-state index in [1.807, 2.05) is 25.6 Å². The molecule has 2 amide bonds. The number of hydrogen-bond donors (Lipinski definition) is 2. The molecule has 0 bridgehead atoms. The molecule has 0 saturated carbocycles. The van der Waals surface area contributed by atoms with Crippen LogP contribution < -0.4 is 5.32 Å². The van der Waals surface area contributed by atoms with Gasteiger partial charge in [0.2, 0.25) is 0 Å². The molecule has 0 spiro atoms. The second kappa shape index (κ2) is 6.07. The highest BCUT2D eigenvalue weighted by Crippen LogP contribution is 2.39. The number of amides is 2. The predicted octanol–water partition coefficient (Wildman–Crippen LogP) is 2.41. The molecule has 0 aliphatic carbocycles. The minimum absolute atomic E-state index is 0.0238. The number of urea groups is 1. The summed E-state index contributed by atoms with van der Waals surface area (Å²) in [5.41, 5.74) is -0.788. The van der Waals surface area contributed by atoms with Crippen LogP contribution in [0.2, 0.25) is 0 Å². The molecule has 2 rings (SSSR count). The molecule has 0 aromatic heterocycles. The number of rotatable bonds is 4. The van der Waals surface area contributed by atoms with Crippen molar-refractivity contribution in [3.63, 3.8) is 0 Å². The Morgan fingerprint density at radius 1 is 1.38 bits per heavy atom. The Kier molecular flexibility index (Phi) is 4.76. The van der Waals surface area contributed by atoms with Crippen LogP contribution in [0.4, 0.5) is 4.79 Å². The second-order valence-corrected chi connectivity index (χ2v) is 8.53. The third-order valence-electron chi connectivity index (χ3n) is 5.03. The van der Waals surface area contributed by atoms with Crippen molar-refractivity contribution >= 4 is 23.8 Å². The summed E-state index contributed by atoms with van der Waals surface area (Å²) in [6, 6.07) is -0.118. The molecule has 21 heavy (non-hydrogen) atoms. The molecule has 2 fully saturated rings. The first kappa shape index (κ1) is 16.5. The SMILES string of the molecule is CC(C)C1(C(=O)O)CCN(C(=O)NCC2(C)CCCS2)C1. The maximum Gasteiger partial charge on any atom is 0.317 e. The summed E-state index contributed by atoms with van der Waals surface area (Å²) in [7, 11) is 0. The zero-order valence-corrected chi connectivity index (χ0v) is 14.0. The molecule has 2 unspecified atom stereocenters. The van der Waals surface area contributed by atoms with Gasteiger partial charge in [-0.05, 0) is 37.9 Å². The van der Waals surface area contributed by atoms with E-state index in [0.29, 0.717) is 26.1 Å². The second-order valence-electron chi connectivity index (χ2n) is 6.85. The number of carbonyl (C=O) groups excluding carboxylic acids is 1. The summed E-state index contributed by atoms with van der Waals surface area (Å²) in [5.74, 6) is 0.396. The molecular weight excluding hydrogens is 288 g/mol. The molecule has 2 saturated heterocycles. The quantitative estimate of drug-likeness (QED) is 0.836. The molecule has 2 aliphatic heterocycles. The summed E-state index contributed by atoms with van der Waals surface area (Å²) in [4.78, 5) is 25.5. The lowest BCUT2D eigenvalue weighted by molar-refractivity contribution is -0.150. The first-order chi connectivity index (χ1) is 9.79. The standard InChI is InChI=1S/C15H26N2O3S/c1-11(2)15(12(18)19)6-7-17(10-15)13(20)16-9-14(3)5-4-8-21-14/h11H,4-10H2,1-3H3,(H,16,20)(H,18,19). The number of nitrogens with zero attached hydrogens (tertiary/aromatic N) is 1. The topological polar surface area (TPSA) is 69.6 Å². The van der Waals surface area contributed by atoms with Gasteiger partial charge in [-0.2, -0.15) is 11.8 Å². The van der Waals surface area contributed by atoms with Gasteiger partial charge in [-0.25, -0.2) is 4.79 Å². The van der Waals surface area contributed by atoms with E-state index in [4.69, 9.17) is 0 Å². The molecule has 120 valence electrons. The molecule has 6 heteroatoms. The largest absolute Gasteiger partial charge is 0.481 e. The summed E-state index contributed by atoms with van der Waals surface area (Å²) in [6.45, 7) is 7.53. The van der Waals surface area contributed by atoms with E-state index in [9.17, 15) is 14.7 Å². The van der Waals surface area contributed by atoms with Gasteiger partial charge in [-0.3, -0.25) is 4.79 Å². The molecule has 2 heterocycles. The maximum absolute atomic E-state index is 12.3. The van der Waals surface area contributed by atoms with Crippen molar-refractivity contribution in [2.75, 3.05) is 25.4 Å². The van der Waals surface area contributed by atoms with Crippen molar-refractivity contribution in [1.82, 2.24) is 10.2 Å². The average molecular weight is 314 g/mol. The number of nitrogens with one attached hydrogen (secondary N) is 1. The number of carboxylic acid groups (broad SMARTS) is 1. The summed E-state index contributed by atoms with van der Waals surface area (Å²) < 4.78 is 0.136. The summed E-state index contributed by atoms with van der Waals surface area (Å²) in [5, 5.41) is 12.5. The third-order valence-corrected chi connectivity index (χ3v) is 6.57. The van der Waals surface area contributed by atoms with E-state index >= 15 is 0 Å². The monoisotopic (exact) mass is 314 g/mol. The Hall–Kier alpha value is -0.910. The molecule has 2 N–H and O–H groups in total. The number of hydrogen-bond acceptors (Lipinski definition) is 3. The van der Waals surface area contributed by atoms with E-state index in [-0.39, 0.29) is 16.7 Å². The number of thioether (sulfide) groups is 1. The fourth-order valence-corrected chi connectivity index (χ4v) is 4.49. The number of likely N-dealkylation sites (tertiary alicyclic amines) is 1. The van der Waals surface area contributed by atoms with Crippen LogP contribution in [-0.4, -0.2) is 52.1 Å². The first-order valence-corrected chi connectivity index (χ1v) is 8.68. The van der Waals surface area contributed by atoms with Crippen molar-refractivity contribution in [2.24, 2.45) is 11.3 Å².